The molecule has 4 nitrogen and oxygen atoms in total. The van der Waals surface area contributed by atoms with E-state index in [4.69, 9.17) is 14.6 Å². The highest BCUT2D eigenvalue weighted by molar-refractivity contribution is 9.10. The van der Waals surface area contributed by atoms with E-state index in [1.54, 1.807) is 7.11 Å². The van der Waals surface area contributed by atoms with Crippen molar-refractivity contribution in [2.45, 2.75) is 13.0 Å². The Bertz CT molecular complexity index is 360. The zero-order valence-corrected chi connectivity index (χ0v) is 12.4. The minimum atomic E-state index is 0.0690. The highest BCUT2D eigenvalue weighted by atomic mass is 79.9. The van der Waals surface area contributed by atoms with Gasteiger partial charge < -0.3 is 19.9 Å². The van der Waals surface area contributed by atoms with Gasteiger partial charge in [0, 0.05) is 17.1 Å². The van der Waals surface area contributed by atoms with Crippen molar-refractivity contribution in [1.82, 2.24) is 5.32 Å². The number of methoxy groups -OCH3 is 1. The maximum absolute atomic E-state index is 8.58. The van der Waals surface area contributed by atoms with Gasteiger partial charge in [-0.1, -0.05) is 22.0 Å². The summed E-state index contributed by atoms with van der Waals surface area (Å²) in [6.07, 6.45) is 0. The molecular formula is C13H20BrNO3. The maximum Gasteiger partial charge on any atom is 0.120 e. The molecule has 1 atom stereocenters. The van der Waals surface area contributed by atoms with E-state index in [1.165, 1.54) is 5.56 Å². The molecule has 0 aliphatic heterocycles. The standard InChI is InChI=1S/C13H20BrNO3/c1-10(15-5-7-18-8-6-16)12-4-3-11(17-2)9-13(12)14/h3-4,9-10,15-16H,5-8H2,1-2H3. The molecule has 1 aromatic rings. The number of rotatable bonds is 8. The second-order valence-corrected chi connectivity index (χ2v) is 4.75. The van der Waals surface area contributed by atoms with Gasteiger partial charge >= 0.3 is 0 Å². The number of aliphatic hydroxyl groups excluding tert-OH is 1. The molecule has 0 radical (unpaired) electrons. The normalized spacial score (nSPS) is 12.4. The van der Waals surface area contributed by atoms with Gasteiger partial charge in [0.2, 0.25) is 0 Å². The van der Waals surface area contributed by atoms with E-state index < -0.39 is 0 Å². The number of hydrogen-bond acceptors (Lipinski definition) is 4. The summed E-state index contributed by atoms with van der Waals surface area (Å²) in [5.74, 6) is 0.837. The van der Waals surface area contributed by atoms with Gasteiger partial charge in [0.15, 0.2) is 0 Å². The number of halogens is 1. The smallest absolute Gasteiger partial charge is 0.120 e. The van der Waals surface area contributed by atoms with Gasteiger partial charge in [0.1, 0.15) is 5.75 Å². The molecule has 0 spiro atoms. The monoisotopic (exact) mass is 317 g/mol. The van der Waals surface area contributed by atoms with Gasteiger partial charge in [-0.25, -0.2) is 0 Å². The van der Waals surface area contributed by atoms with Crippen LogP contribution in [-0.4, -0.2) is 38.6 Å². The third-order valence-electron chi connectivity index (χ3n) is 2.61. The quantitative estimate of drug-likeness (QED) is 0.721. The molecule has 0 saturated carbocycles. The molecule has 0 amide bonds. The molecule has 1 rings (SSSR count). The summed E-state index contributed by atoms with van der Waals surface area (Å²) in [5.41, 5.74) is 1.18. The molecule has 0 heterocycles. The average molecular weight is 318 g/mol. The van der Waals surface area contributed by atoms with Crippen molar-refractivity contribution in [3.05, 3.63) is 28.2 Å². The van der Waals surface area contributed by atoms with E-state index >= 15 is 0 Å². The minimum Gasteiger partial charge on any atom is -0.497 e. The molecule has 102 valence electrons. The molecule has 1 unspecified atom stereocenters. The fourth-order valence-electron chi connectivity index (χ4n) is 1.61. The molecule has 0 aliphatic carbocycles. The number of ether oxygens (including phenoxy) is 2. The van der Waals surface area contributed by atoms with Gasteiger partial charge in [0.25, 0.3) is 0 Å². The Labute approximate surface area is 116 Å². The van der Waals surface area contributed by atoms with E-state index in [2.05, 4.69) is 28.2 Å². The SMILES string of the molecule is COc1ccc(C(C)NCCOCCO)c(Br)c1. The Morgan fingerprint density at radius 3 is 2.78 bits per heavy atom. The number of aliphatic hydroxyl groups is 1. The molecule has 0 aromatic heterocycles. The lowest BCUT2D eigenvalue weighted by atomic mass is 10.1. The Kier molecular flexibility index (Phi) is 7.27. The fourth-order valence-corrected chi connectivity index (χ4v) is 2.31. The first-order valence-electron chi connectivity index (χ1n) is 5.94. The molecule has 5 heteroatoms. The zero-order valence-electron chi connectivity index (χ0n) is 10.8. The van der Waals surface area contributed by atoms with Gasteiger partial charge in [-0.05, 0) is 24.6 Å². The average Bonchev–Trinajstić information content (AvgIpc) is 2.38. The van der Waals surface area contributed by atoms with Crippen molar-refractivity contribution < 1.29 is 14.6 Å². The van der Waals surface area contributed by atoms with Crippen molar-refractivity contribution in [1.29, 1.82) is 0 Å². The lowest BCUT2D eigenvalue weighted by molar-refractivity contribution is 0.0928. The summed E-state index contributed by atoms with van der Waals surface area (Å²) in [7, 11) is 1.65. The van der Waals surface area contributed by atoms with Crippen LogP contribution in [0.15, 0.2) is 22.7 Å². The van der Waals surface area contributed by atoms with E-state index in [-0.39, 0.29) is 12.6 Å². The molecule has 0 fully saturated rings. The summed E-state index contributed by atoms with van der Waals surface area (Å²) in [5, 5.41) is 11.9. The minimum absolute atomic E-state index is 0.0690. The second-order valence-electron chi connectivity index (χ2n) is 3.90. The largest absolute Gasteiger partial charge is 0.497 e. The lowest BCUT2D eigenvalue weighted by Gasteiger charge is -2.16. The predicted molar refractivity (Wildman–Crippen MR) is 75.0 cm³/mol. The van der Waals surface area contributed by atoms with Crippen LogP contribution in [0.5, 0.6) is 5.75 Å². The first kappa shape index (κ1) is 15.4. The van der Waals surface area contributed by atoms with Crippen LogP contribution >= 0.6 is 15.9 Å². The number of nitrogens with one attached hydrogen (secondary N) is 1. The summed E-state index contributed by atoms with van der Waals surface area (Å²) in [4.78, 5) is 0. The number of benzene rings is 1. The molecular weight excluding hydrogens is 298 g/mol. The maximum atomic E-state index is 8.58. The Hall–Kier alpha value is -0.620. The van der Waals surface area contributed by atoms with Crippen LogP contribution in [0.1, 0.15) is 18.5 Å². The molecule has 1 aromatic carbocycles. The third-order valence-corrected chi connectivity index (χ3v) is 3.29. The first-order valence-corrected chi connectivity index (χ1v) is 6.73. The second kappa shape index (κ2) is 8.48. The number of hydrogen-bond donors (Lipinski definition) is 2. The van der Waals surface area contributed by atoms with Gasteiger partial charge in [-0.15, -0.1) is 0 Å². The third kappa shape index (κ3) is 4.94. The Morgan fingerprint density at radius 1 is 1.39 bits per heavy atom. The van der Waals surface area contributed by atoms with E-state index in [9.17, 15) is 0 Å². The van der Waals surface area contributed by atoms with Crippen LogP contribution in [0.4, 0.5) is 0 Å². The molecule has 0 bridgehead atoms. The van der Waals surface area contributed by atoms with Crippen LogP contribution in [0.25, 0.3) is 0 Å². The summed E-state index contributed by atoms with van der Waals surface area (Å²) < 4.78 is 11.4. The molecule has 18 heavy (non-hydrogen) atoms. The molecule has 0 saturated heterocycles. The van der Waals surface area contributed by atoms with Crippen LogP contribution < -0.4 is 10.1 Å². The van der Waals surface area contributed by atoms with Crippen LogP contribution in [-0.2, 0) is 4.74 Å². The van der Waals surface area contributed by atoms with Crippen molar-refractivity contribution in [3.63, 3.8) is 0 Å². The lowest BCUT2D eigenvalue weighted by Crippen LogP contribution is -2.24. The van der Waals surface area contributed by atoms with Crippen LogP contribution in [0.2, 0.25) is 0 Å². The van der Waals surface area contributed by atoms with Gasteiger partial charge in [-0.2, -0.15) is 0 Å². The van der Waals surface area contributed by atoms with E-state index in [0.29, 0.717) is 13.2 Å². The summed E-state index contributed by atoms with van der Waals surface area (Å²) in [6, 6.07) is 6.16. The highest BCUT2D eigenvalue weighted by Gasteiger charge is 2.09. The first-order chi connectivity index (χ1) is 8.69. The van der Waals surface area contributed by atoms with Crippen molar-refractivity contribution in [2.75, 3.05) is 33.5 Å². The van der Waals surface area contributed by atoms with E-state index in [1.807, 2.05) is 18.2 Å². The fraction of sp³-hybridized carbons (Fsp3) is 0.538. The van der Waals surface area contributed by atoms with Gasteiger partial charge in [-0.3, -0.25) is 0 Å². The predicted octanol–water partition coefficient (Wildman–Crippen LogP) is 2.12. The van der Waals surface area contributed by atoms with Crippen LogP contribution in [0.3, 0.4) is 0 Å². The Morgan fingerprint density at radius 2 is 2.17 bits per heavy atom. The molecule has 0 aliphatic rings. The molecule has 2 N–H and O–H groups in total. The van der Waals surface area contributed by atoms with Gasteiger partial charge in [0.05, 0.1) is 26.9 Å². The summed E-state index contributed by atoms with van der Waals surface area (Å²) >= 11 is 3.54. The van der Waals surface area contributed by atoms with Crippen molar-refractivity contribution >= 4 is 15.9 Å². The van der Waals surface area contributed by atoms with E-state index in [0.717, 1.165) is 16.8 Å². The van der Waals surface area contributed by atoms with Crippen molar-refractivity contribution in [3.8, 4) is 5.75 Å². The zero-order chi connectivity index (χ0) is 13.4. The summed E-state index contributed by atoms with van der Waals surface area (Å²) in [6.45, 7) is 3.90. The topological polar surface area (TPSA) is 50.7 Å². The van der Waals surface area contributed by atoms with Crippen molar-refractivity contribution in [2.24, 2.45) is 0 Å². The van der Waals surface area contributed by atoms with Crippen LogP contribution in [0, 0.1) is 0 Å². The Balaban J connectivity index is 2.43. The highest BCUT2D eigenvalue weighted by Crippen LogP contribution is 2.27.